The van der Waals surface area contributed by atoms with Crippen molar-refractivity contribution in [3.8, 4) is 11.1 Å². The number of aryl methyl sites for hydroxylation is 1. The second-order valence-corrected chi connectivity index (χ2v) is 4.79. The van der Waals surface area contributed by atoms with Crippen LogP contribution in [0.1, 0.15) is 18.9 Å². The number of hydrogen-bond acceptors (Lipinski definition) is 4. The number of nitrogens with two attached hydrogens (primary N) is 1. The predicted octanol–water partition coefficient (Wildman–Crippen LogP) is 2.60. The highest BCUT2D eigenvalue weighted by molar-refractivity contribution is 5.62. The molecule has 4 heteroatoms. The first-order chi connectivity index (χ1) is 9.19. The highest BCUT2D eigenvalue weighted by Gasteiger charge is 2.04. The van der Waals surface area contributed by atoms with E-state index in [4.69, 9.17) is 5.73 Å². The molecule has 0 aliphatic rings. The average Bonchev–Trinajstić information content (AvgIpc) is 2.40. The van der Waals surface area contributed by atoms with Crippen molar-refractivity contribution >= 4 is 5.95 Å². The lowest BCUT2D eigenvalue weighted by Gasteiger charge is -2.12. The van der Waals surface area contributed by atoms with Gasteiger partial charge in [0.25, 0.3) is 0 Å². The van der Waals surface area contributed by atoms with Crippen LogP contribution in [0.4, 0.5) is 5.95 Å². The highest BCUT2D eigenvalue weighted by atomic mass is 15.1. The van der Waals surface area contributed by atoms with Gasteiger partial charge < -0.3 is 11.1 Å². The fourth-order valence-electron chi connectivity index (χ4n) is 1.92. The van der Waals surface area contributed by atoms with E-state index in [-0.39, 0.29) is 6.04 Å². The van der Waals surface area contributed by atoms with Gasteiger partial charge in [0.15, 0.2) is 0 Å². The molecular formula is C15H20N4. The van der Waals surface area contributed by atoms with Crippen LogP contribution in [0.15, 0.2) is 36.7 Å². The normalized spacial score (nSPS) is 12.2. The molecule has 100 valence electrons. The van der Waals surface area contributed by atoms with E-state index in [0.717, 1.165) is 17.5 Å². The maximum absolute atomic E-state index is 5.52. The molecule has 0 fully saturated rings. The van der Waals surface area contributed by atoms with E-state index in [1.165, 1.54) is 5.56 Å². The smallest absolute Gasteiger partial charge is 0.222 e. The molecule has 0 saturated carbocycles. The molecule has 0 saturated heterocycles. The minimum atomic E-state index is 0.287. The second kappa shape index (κ2) is 6.29. The van der Waals surface area contributed by atoms with Gasteiger partial charge in [-0.25, -0.2) is 9.97 Å². The van der Waals surface area contributed by atoms with E-state index in [1.807, 2.05) is 18.5 Å². The summed E-state index contributed by atoms with van der Waals surface area (Å²) in [5, 5.41) is 3.23. The maximum atomic E-state index is 5.52. The molecule has 1 atom stereocenters. The predicted molar refractivity (Wildman–Crippen MR) is 79.0 cm³/mol. The number of hydrogen-bond donors (Lipinski definition) is 2. The minimum Gasteiger partial charge on any atom is -0.352 e. The third-order valence-corrected chi connectivity index (χ3v) is 2.98. The van der Waals surface area contributed by atoms with Gasteiger partial charge in [0.2, 0.25) is 5.95 Å². The molecular weight excluding hydrogens is 236 g/mol. The minimum absolute atomic E-state index is 0.287. The van der Waals surface area contributed by atoms with E-state index in [0.29, 0.717) is 12.5 Å². The first-order valence-electron chi connectivity index (χ1n) is 6.54. The van der Waals surface area contributed by atoms with Crippen LogP contribution in [0.5, 0.6) is 0 Å². The molecule has 19 heavy (non-hydrogen) atoms. The van der Waals surface area contributed by atoms with Gasteiger partial charge in [-0.05, 0) is 32.4 Å². The quantitative estimate of drug-likeness (QED) is 0.863. The Bertz CT molecular complexity index is 522. The summed E-state index contributed by atoms with van der Waals surface area (Å²) in [4.78, 5) is 8.69. The lowest BCUT2D eigenvalue weighted by Crippen LogP contribution is -2.20. The van der Waals surface area contributed by atoms with Crippen LogP contribution in [-0.4, -0.2) is 22.6 Å². The van der Waals surface area contributed by atoms with Crippen LogP contribution < -0.4 is 11.1 Å². The molecule has 0 bridgehead atoms. The van der Waals surface area contributed by atoms with Gasteiger partial charge in [0, 0.05) is 24.0 Å². The molecule has 1 heterocycles. The van der Waals surface area contributed by atoms with Crippen molar-refractivity contribution in [1.82, 2.24) is 9.97 Å². The molecule has 1 unspecified atom stereocenters. The van der Waals surface area contributed by atoms with Gasteiger partial charge in [-0.15, -0.1) is 0 Å². The molecule has 0 amide bonds. The van der Waals surface area contributed by atoms with Crippen molar-refractivity contribution in [3.05, 3.63) is 42.2 Å². The molecule has 0 aliphatic carbocycles. The van der Waals surface area contributed by atoms with Crippen LogP contribution >= 0.6 is 0 Å². The summed E-state index contributed by atoms with van der Waals surface area (Å²) in [5.74, 6) is 0.650. The van der Waals surface area contributed by atoms with E-state index in [1.54, 1.807) is 0 Å². The van der Waals surface area contributed by atoms with Crippen molar-refractivity contribution in [2.24, 2.45) is 5.73 Å². The number of nitrogens with one attached hydrogen (secondary N) is 1. The second-order valence-electron chi connectivity index (χ2n) is 4.79. The van der Waals surface area contributed by atoms with Crippen molar-refractivity contribution in [3.63, 3.8) is 0 Å². The number of aromatic nitrogens is 2. The molecule has 1 aromatic heterocycles. The van der Waals surface area contributed by atoms with Crippen LogP contribution in [0.2, 0.25) is 0 Å². The van der Waals surface area contributed by atoms with E-state index < -0.39 is 0 Å². The van der Waals surface area contributed by atoms with Crippen molar-refractivity contribution < 1.29 is 0 Å². The Balaban J connectivity index is 2.10. The lowest BCUT2D eigenvalue weighted by molar-refractivity contribution is 0.709. The Morgan fingerprint density at radius 1 is 1.21 bits per heavy atom. The molecule has 0 aliphatic heterocycles. The Kier molecular flexibility index (Phi) is 4.47. The summed E-state index contributed by atoms with van der Waals surface area (Å²) >= 11 is 0. The summed E-state index contributed by atoms with van der Waals surface area (Å²) in [7, 11) is 0. The maximum Gasteiger partial charge on any atom is 0.222 e. The largest absolute Gasteiger partial charge is 0.352 e. The summed E-state index contributed by atoms with van der Waals surface area (Å²) in [6, 6.07) is 8.60. The highest BCUT2D eigenvalue weighted by Crippen LogP contribution is 2.19. The zero-order valence-corrected chi connectivity index (χ0v) is 11.4. The van der Waals surface area contributed by atoms with Crippen molar-refractivity contribution in [2.75, 3.05) is 11.9 Å². The first kappa shape index (κ1) is 13.5. The van der Waals surface area contributed by atoms with Crippen molar-refractivity contribution in [1.29, 1.82) is 0 Å². The summed E-state index contributed by atoms with van der Waals surface area (Å²) < 4.78 is 0. The van der Waals surface area contributed by atoms with Crippen LogP contribution in [0.25, 0.3) is 11.1 Å². The van der Waals surface area contributed by atoms with Crippen molar-refractivity contribution in [2.45, 2.75) is 26.3 Å². The van der Waals surface area contributed by atoms with Gasteiger partial charge in [0.05, 0.1) is 0 Å². The van der Waals surface area contributed by atoms with Gasteiger partial charge in [-0.3, -0.25) is 0 Å². The molecule has 0 radical (unpaired) electrons. The monoisotopic (exact) mass is 256 g/mol. The first-order valence-corrected chi connectivity index (χ1v) is 6.54. The molecule has 2 aromatic rings. The van der Waals surface area contributed by atoms with Gasteiger partial charge in [-0.1, -0.05) is 29.8 Å². The number of rotatable bonds is 5. The molecule has 1 aromatic carbocycles. The van der Waals surface area contributed by atoms with Crippen LogP contribution in [0, 0.1) is 6.92 Å². The SMILES string of the molecule is Cc1cccc(-c2cnc(NC(C)CCN)nc2)c1. The topological polar surface area (TPSA) is 63.8 Å². The standard InChI is InChI=1S/C15H20N4/c1-11-4-3-5-13(8-11)14-9-17-15(18-10-14)19-12(2)6-7-16/h3-5,8-10,12H,6-7,16H2,1-2H3,(H,17,18,19). The summed E-state index contributed by atoms with van der Waals surface area (Å²) in [6.45, 7) is 4.81. The third kappa shape index (κ3) is 3.76. The zero-order valence-electron chi connectivity index (χ0n) is 11.4. The number of anilines is 1. The molecule has 0 spiro atoms. The summed E-state index contributed by atoms with van der Waals surface area (Å²) in [5.41, 5.74) is 8.92. The van der Waals surface area contributed by atoms with Crippen LogP contribution in [-0.2, 0) is 0 Å². The molecule has 4 nitrogen and oxygen atoms in total. The van der Waals surface area contributed by atoms with E-state index >= 15 is 0 Å². The van der Waals surface area contributed by atoms with Gasteiger partial charge in [-0.2, -0.15) is 0 Å². The lowest BCUT2D eigenvalue weighted by atomic mass is 10.1. The molecule has 3 N–H and O–H groups in total. The zero-order chi connectivity index (χ0) is 13.7. The Labute approximate surface area is 114 Å². The third-order valence-electron chi connectivity index (χ3n) is 2.98. The number of benzene rings is 1. The van der Waals surface area contributed by atoms with Gasteiger partial charge in [0.1, 0.15) is 0 Å². The van der Waals surface area contributed by atoms with Gasteiger partial charge >= 0.3 is 0 Å². The van der Waals surface area contributed by atoms with Crippen LogP contribution in [0.3, 0.4) is 0 Å². The molecule has 2 rings (SSSR count). The number of nitrogens with zero attached hydrogens (tertiary/aromatic N) is 2. The Morgan fingerprint density at radius 3 is 2.58 bits per heavy atom. The fourth-order valence-corrected chi connectivity index (χ4v) is 1.92. The fraction of sp³-hybridized carbons (Fsp3) is 0.333. The van der Waals surface area contributed by atoms with E-state index in [9.17, 15) is 0 Å². The average molecular weight is 256 g/mol. The summed E-state index contributed by atoms with van der Waals surface area (Å²) in [6.07, 6.45) is 4.60. The Hall–Kier alpha value is -1.94. The Morgan fingerprint density at radius 2 is 1.95 bits per heavy atom. The van der Waals surface area contributed by atoms with E-state index in [2.05, 4.69) is 47.3 Å².